The number of nitrogens with zero attached hydrogens (tertiary/aromatic N) is 2. The van der Waals surface area contributed by atoms with Gasteiger partial charge < -0.3 is 20.9 Å². The lowest BCUT2D eigenvalue weighted by atomic mass is 10.0. The highest BCUT2D eigenvalue weighted by Crippen LogP contribution is 2.22. The molecule has 1 fully saturated rings. The van der Waals surface area contributed by atoms with Crippen molar-refractivity contribution in [2.75, 3.05) is 6.54 Å². The van der Waals surface area contributed by atoms with Crippen LogP contribution in [0.1, 0.15) is 64.3 Å². The Morgan fingerprint density at radius 2 is 1.92 bits per heavy atom. The van der Waals surface area contributed by atoms with Gasteiger partial charge in [-0.3, -0.25) is 24.2 Å². The van der Waals surface area contributed by atoms with Gasteiger partial charge in [0.05, 0.1) is 23.7 Å². The van der Waals surface area contributed by atoms with Gasteiger partial charge in [-0.15, -0.1) is 0 Å². The van der Waals surface area contributed by atoms with Crippen molar-refractivity contribution in [2.24, 2.45) is 11.7 Å². The number of carboxylic acids is 1. The van der Waals surface area contributed by atoms with Gasteiger partial charge in [-0.2, -0.15) is 0 Å². The minimum absolute atomic E-state index is 0.0682. The molecule has 1 aromatic carbocycles. The SMILES string of the molecule is CC(C)[C@H](N)C(=O)N[C@@H](C)C(=O)N1CCCC(C(=O)O[C@H](C)c2ccc3ccc(/C=C/CC(=O)O)cc3n2)N1. The number of benzene rings is 1. The van der Waals surface area contributed by atoms with Crippen LogP contribution in [0.4, 0.5) is 0 Å². The summed E-state index contributed by atoms with van der Waals surface area (Å²) >= 11 is 0. The van der Waals surface area contributed by atoms with Crippen LogP contribution in [0.25, 0.3) is 17.0 Å². The quantitative estimate of drug-likeness (QED) is 0.332. The monoisotopic (exact) mass is 539 g/mol. The predicted octanol–water partition coefficient (Wildman–Crippen LogP) is 2.31. The van der Waals surface area contributed by atoms with E-state index in [9.17, 15) is 19.2 Å². The number of ether oxygens (including phenoxy) is 1. The molecular formula is C28H37N5O6. The van der Waals surface area contributed by atoms with Gasteiger partial charge in [-0.1, -0.05) is 44.2 Å². The molecule has 2 aromatic rings. The molecule has 1 aromatic heterocycles. The summed E-state index contributed by atoms with van der Waals surface area (Å²) in [5.74, 6) is -2.25. The van der Waals surface area contributed by atoms with Crippen LogP contribution in [0, 0.1) is 5.92 Å². The number of aliphatic carboxylic acids is 1. The normalized spacial score (nSPS) is 18.1. The number of rotatable bonds is 10. The van der Waals surface area contributed by atoms with Crippen molar-refractivity contribution in [1.82, 2.24) is 20.7 Å². The zero-order chi connectivity index (χ0) is 28.7. The molecule has 2 heterocycles. The Labute approximate surface area is 227 Å². The van der Waals surface area contributed by atoms with Crippen LogP contribution in [0.3, 0.4) is 0 Å². The molecule has 0 spiro atoms. The number of carbonyl (C=O) groups excluding carboxylic acids is 3. The molecule has 4 atom stereocenters. The Balaban J connectivity index is 1.61. The number of hydrazine groups is 1. The van der Waals surface area contributed by atoms with Crippen molar-refractivity contribution >= 4 is 40.7 Å². The third-order valence-electron chi connectivity index (χ3n) is 6.54. The highest BCUT2D eigenvalue weighted by atomic mass is 16.5. The Kier molecular flexibility index (Phi) is 10.1. The Morgan fingerprint density at radius 1 is 1.21 bits per heavy atom. The van der Waals surface area contributed by atoms with Crippen LogP contribution in [0.5, 0.6) is 0 Å². The van der Waals surface area contributed by atoms with Crippen molar-refractivity contribution in [1.29, 1.82) is 0 Å². The van der Waals surface area contributed by atoms with Crippen molar-refractivity contribution < 1.29 is 29.0 Å². The molecule has 0 radical (unpaired) electrons. The Bertz CT molecular complexity index is 1250. The lowest BCUT2D eigenvalue weighted by Gasteiger charge is -2.34. The zero-order valence-corrected chi connectivity index (χ0v) is 22.7. The van der Waals surface area contributed by atoms with E-state index >= 15 is 0 Å². The number of esters is 1. The zero-order valence-electron chi connectivity index (χ0n) is 22.7. The average molecular weight is 540 g/mol. The van der Waals surface area contributed by atoms with Crippen LogP contribution in [0.15, 0.2) is 36.4 Å². The second kappa shape index (κ2) is 13.3. The summed E-state index contributed by atoms with van der Waals surface area (Å²) in [7, 11) is 0. The minimum Gasteiger partial charge on any atom is -0.481 e. The van der Waals surface area contributed by atoms with E-state index in [1.165, 1.54) is 5.01 Å². The van der Waals surface area contributed by atoms with Crippen LogP contribution in [-0.4, -0.2) is 63.5 Å². The van der Waals surface area contributed by atoms with Gasteiger partial charge >= 0.3 is 11.9 Å². The summed E-state index contributed by atoms with van der Waals surface area (Å²) in [5.41, 5.74) is 10.9. The second-order valence-corrected chi connectivity index (χ2v) is 10.1. The van der Waals surface area contributed by atoms with E-state index in [1.807, 2.05) is 38.1 Å². The van der Waals surface area contributed by atoms with Crippen LogP contribution >= 0.6 is 0 Å². The van der Waals surface area contributed by atoms with Crippen molar-refractivity contribution in [2.45, 2.75) is 71.2 Å². The molecule has 2 amide bonds. The van der Waals surface area contributed by atoms with Crippen LogP contribution in [-0.2, 0) is 23.9 Å². The van der Waals surface area contributed by atoms with Crippen molar-refractivity contribution in [3.8, 4) is 0 Å². The average Bonchev–Trinajstić information content (AvgIpc) is 2.91. The number of nitrogens with two attached hydrogens (primary N) is 1. The molecular weight excluding hydrogens is 502 g/mol. The number of nitrogens with one attached hydrogen (secondary N) is 2. The first kappa shape index (κ1) is 29.7. The molecule has 3 rings (SSSR count). The smallest absolute Gasteiger partial charge is 0.325 e. The van der Waals surface area contributed by atoms with Crippen LogP contribution in [0.2, 0.25) is 0 Å². The fourth-order valence-electron chi connectivity index (χ4n) is 4.12. The first-order chi connectivity index (χ1) is 18.5. The third-order valence-corrected chi connectivity index (χ3v) is 6.54. The maximum atomic E-state index is 13.0. The molecule has 39 heavy (non-hydrogen) atoms. The van der Waals surface area contributed by atoms with E-state index in [0.29, 0.717) is 30.6 Å². The number of hydrogen-bond acceptors (Lipinski definition) is 8. The predicted molar refractivity (Wildman–Crippen MR) is 146 cm³/mol. The molecule has 1 aliphatic rings. The molecule has 1 unspecified atom stereocenters. The summed E-state index contributed by atoms with van der Waals surface area (Å²) in [5, 5.41) is 13.7. The molecule has 11 heteroatoms. The molecule has 0 saturated carbocycles. The van der Waals surface area contributed by atoms with E-state index in [-0.39, 0.29) is 18.2 Å². The van der Waals surface area contributed by atoms with E-state index in [1.54, 1.807) is 32.1 Å². The highest BCUT2D eigenvalue weighted by Gasteiger charge is 2.33. The number of fused-ring (bicyclic) bond motifs is 1. The molecule has 1 saturated heterocycles. The Morgan fingerprint density at radius 3 is 2.62 bits per heavy atom. The van der Waals surface area contributed by atoms with Gasteiger partial charge in [0.25, 0.3) is 5.91 Å². The summed E-state index contributed by atoms with van der Waals surface area (Å²) < 4.78 is 5.69. The minimum atomic E-state index is -0.907. The molecule has 1 aliphatic heterocycles. The number of carboxylic acid groups (broad SMARTS) is 1. The largest absolute Gasteiger partial charge is 0.481 e. The molecule has 210 valence electrons. The molecule has 0 bridgehead atoms. The summed E-state index contributed by atoms with van der Waals surface area (Å²) in [4.78, 5) is 53.5. The Hall–Kier alpha value is -3.83. The third kappa shape index (κ3) is 8.08. The number of pyridine rings is 1. The van der Waals surface area contributed by atoms with E-state index in [4.69, 9.17) is 15.6 Å². The molecule has 11 nitrogen and oxygen atoms in total. The summed E-state index contributed by atoms with van der Waals surface area (Å²) in [6.45, 7) is 7.35. The van der Waals surface area contributed by atoms with Crippen LogP contribution < -0.4 is 16.5 Å². The number of amides is 2. The van der Waals surface area contributed by atoms with E-state index in [2.05, 4.69) is 15.7 Å². The summed E-state index contributed by atoms with van der Waals surface area (Å²) in [6, 6.07) is 7.02. The second-order valence-electron chi connectivity index (χ2n) is 10.1. The first-order valence-electron chi connectivity index (χ1n) is 13.1. The van der Waals surface area contributed by atoms with Gasteiger partial charge in [-0.25, -0.2) is 10.4 Å². The number of carbonyl (C=O) groups is 4. The fourth-order valence-corrected chi connectivity index (χ4v) is 4.12. The number of aromatic nitrogens is 1. The van der Waals surface area contributed by atoms with E-state index < -0.39 is 42.1 Å². The lowest BCUT2D eigenvalue weighted by Crippen LogP contribution is -2.60. The van der Waals surface area contributed by atoms with Gasteiger partial charge in [0.2, 0.25) is 5.91 Å². The number of hydrogen-bond donors (Lipinski definition) is 4. The van der Waals surface area contributed by atoms with E-state index in [0.717, 1.165) is 10.9 Å². The molecule has 5 N–H and O–H groups in total. The maximum absolute atomic E-state index is 13.0. The summed E-state index contributed by atoms with van der Waals surface area (Å²) in [6.07, 6.45) is 3.65. The van der Waals surface area contributed by atoms with Gasteiger partial charge in [0.15, 0.2) is 0 Å². The fraction of sp³-hybridized carbons (Fsp3) is 0.464. The van der Waals surface area contributed by atoms with Crippen molar-refractivity contribution in [3.05, 3.63) is 47.7 Å². The highest BCUT2D eigenvalue weighted by molar-refractivity contribution is 5.89. The topological polar surface area (TPSA) is 164 Å². The lowest BCUT2D eigenvalue weighted by molar-refractivity contribution is -0.157. The van der Waals surface area contributed by atoms with Gasteiger partial charge in [0, 0.05) is 11.9 Å². The van der Waals surface area contributed by atoms with Gasteiger partial charge in [0.1, 0.15) is 18.2 Å². The first-order valence-corrected chi connectivity index (χ1v) is 13.1. The maximum Gasteiger partial charge on any atom is 0.325 e. The standard InChI is InChI=1S/C28H37N5O6/c1-16(2)25(29)26(36)30-17(3)27(37)33-14-6-8-22(32-33)28(38)39-18(4)21-13-12-20-11-10-19(15-23(20)31-21)7-5-9-24(34)35/h5,7,10-13,15-18,22,25,32H,6,8-9,14,29H2,1-4H3,(H,30,36)(H,34,35)/b7-5+/t17-,18+,22?,25-/m0/s1. The van der Waals surface area contributed by atoms with Crippen molar-refractivity contribution in [3.63, 3.8) is 0 Å². The van der Waals surface area contributed by atoms with Gasteiger partial charge in [-0.05, 0) is 50.3 Å². The molecule has 0 aliphatic carbocycles.